The Balaban J connectivity index is 2.04. The predicted molar refractivity (Wildman–Crippen MR) is 75.1 cm³/mol. The largest absolute Gasteiger partial charge is 0.493 e. The Hall–Kier alpha value is -1.46. The van der Waals surface area contributed by atoms with Crippen LogP contribution in [0.4, 0.5) is 0 Å². The number of benzene rings is 1. The van der Waals surface area contributed by atoms with Crippen molar-refractivity contribution in [3.63, 3.8) is 0 Å². The number of thioether (sulfide) groups is 1. The molecule has 1 aromatic carbocycles. The molecule has 0 radical (unpaired) electrons. The van der Waals surface area contributed by atoms with E-state index in [2.05, 4.69) is 4.98 Å². The van der Waals surface area contributed by atoms with Crippen LogP contribution in [0.5, 0.6) is 5.88 Å². The van der Waals surface area contributed by atoms with Crippen molar-refractivity contribution < 1.29 is 5.11 Å². The zero-order valence-corrected chi connectivity index (χ0v) is 11.5. The molecule has 0 amide bonds. The lowest BCUT2D eigenvalue weighted by Gasteiger charge is -2.08. The summed E-state index contributed by atoms with van der Waals surface area (Å²) in [5.41, 5.74) is 1.05. The average molecular weight is 295 g/mol. The molecule has 0 saturated heterocycles. The van der Waals surface area contributed by atoms with E-state index in [1.807, 2.05) is 12.1 Å². The minimum Gasteiger partial charge on any atom is -0.493 e. The van der Waals surface area contributed by atoms with Crippen molar-refractivity contribution >= 4 is 23.4 Å². The maximum Gasteiger partial charge on any atom is 0.261 e. The van der Waals surface area contributed by atoms with Gasteiger partial charge in [-0.25, -0.2) is 0 Å². The number of aromatic hydroxyl groups is 1. The van der Waals surface area contributed by atoms with Gasteiger partial charge in [-0.15, -0.1) is 0 Å². The molecule has 2 heterocycles. The lowest BCUT2D eigenvalue weighted by Crippen LogP contribution is -2.24. The summed E-state index contributed by atoms with van der Waals surface area (Å²) in [6, 6.07) is 7.25. The van der Waals surface area contributed by atoms with Gasteiger partial charge in [-0.05, 0) is 17.7 Å². The molecule has 0 unspecified atom stereocenters. The zero-order valence-electron chi connectivity index (χ0n) is 9.97. The molecule has 4 nitrogen and oxygen atoms in total. The van der Waals surface area contributed by atoms with Crippen molar-refractivity contribution in [2.75, 3.05) is 5.75 Å². The highest BCUT2D eigenvalue weighted by molar-refractivity contribution is 7.99. The fourth-order valence-corrected chi connectivity index (χ4v) is 3.26. The summed E-state index contributed by atoms with van der Waals surface area (Å²) in [6.45, 7) is 0.647. The van der Waals surface area contributed by atoms with E-state index in [4.69, 9.17) is 11.6 Å². The topological polar surface area (TPSA) is 55.1 Å². The van der Waals surface area contributed by atoms with Crippen LogP contribution in [0.25, 0.3) is 0 Å². The smallest absolute Gasteiger partial charge is 0.261 e. The highest BCUT2D eigenvalue weighted by Gasteiger charge is 2.20. The lowest BCUT2D eigenvalue weighted by atomic mass is 10.1. The summed E-state index contributed by atoms with van der Waals surface area (Å²) in [6.07, 6.45) is 0.336. The molecule has 0 saturated carbocycles. The van der Waals surface area contributed by atoms with Crippen molar-refractivity contribution in [1.29, 1.82) is 0 Å². The molecule has 0 aliphatic carbocycles. The van der Waals surface area contributed by atoms with Crippen LogP contribution in [0.2, 0.25) is 5.02 Å². The number of halogens is 1. The van der Waals surface area contributed by atoms with Gasteiger partial charge in [-0.1, -0.05) is 35.5 Å². The number of hydrogen-bond acceptors (Lipinski definition) is 4. The molecule has 2 aromatic rings. The SMILES string of the molecule is O=c1c(Cc2cccc(Cl)c2)c(O)nc2n1CCS2. The van der Waals surface area contributed by atoms with E-state index in [1.165, 1.54) is 11.8 Å². The van der Waals surface area contributed by atoms with Gasteiger partial charge in [0.2, 0.25) is 5.88 Å². The highest BCUT2D eigenvalue weighted by Crippen LogP contribution is 2.25. The molecule has 0 spiro atoms. The van der Waals surface area contributed by atoms with E-state index in [0.717, 1.165) is 11.3 Å². The summed E-state index contributed by atoms with van der Waals surface area (Å²) in [7, 11) is 0. The Morgan fingerprint density at radius 1 is 1.47 bits per heavy atom. The van der Waals surface area contributed by atoms with Gasteiger partial charge in [0.25, 0.3) is 5.56 Å². The van der Waals surface area contributed by atoms with Gasteiger partial charge in [0, 0.05) is 23.7 Å². The van der Waals surface area contributed by atoms with Crippen molar-refractivity contribution in [3.05, 3.63) is 50.8 Å². The fraction of sp³-hybridized carbons (Fsp3) is 0.231. The third-order valence-corrected chi connectivity index (χ3v) is 4.21. The van der Waals surface area contributed by atoms with Crippen LogP contribution in [0.3, 0.4) is 0 Å². The first-order valence-electron chi connectivity index (χ1n) is 5.85. The number of rotatable bonds is 2. The maximum absolute atomic E-state index is 12.3. The summed E-state index contributed by atoms with van der Waals surface area (Å²) >= 11 is 7.40. The molecule has 1 aromatic heterocycles. The molecule has 6 heteroatoms. The maximum atomic E-state index is 12.3. The lowest BCUT2D eigenvalue weighted by molar-refractivity contribution is 0.428. The van der Waals surface area contributed by atoms with Gasteiger partial charge in [0.05, 0.1) is 5.56 Å². The van der Waals surface area contributed by atoms with Gasteiger partial charge < -0.3 is 5.11 Å². The van der Waals surface area contributed by atoms with Crippen molar-refractivity contribution in [2.24, 2.45) is 0 Å². The predicted octanol–water partition coefficient (Wildman–Crippen LogP) is 2.30. The summed E-state index contributed by atoms with van der Waals surface area (Å²) in [5, 5.41) is 11.1. The van der Waals surface area contributed by atoms with Gasteiger partial charge in [0.1, 0.15) is 0 Å². The van der Waals surface area contributed by atoms with Crippen LogP contribution in [-0.4, -0.2) is 20.4 Å². The third-order valence-electron chi connectivity index (χ3n) is 3.02. The third kappa shape index (κ3) is 2.35. The Morgan fingerprint density at radius 3 is 3.11 bits per heavy atom. The average Bonchev–Trinajstić information content (AvgIpc) is 2.83. The first kappa shape index (κ1) is 12.6. The van der Waals surface area contributed by atoms with Crippen molar-refractivity contribution in [2.45, 2.75) is 18.1 Å². The van der Waals surface area contributed by atoms with Gasteiger partial charge in [0.15, 0.2) is 5.16 Å². The standard InChI is InChI=1S/C13H11ClN2O2S/c14-9-3-1-2-8(6-9)7-10-11(17)15-13-16(12(10)18)4-5-19-13/h1-3,6,17H,4-5,7H2. The van der Waals surface area contributed by atoms with Crippen molar-refractivity contribution in [1.82, 2.24) is 9.55 Å². The number of hydrogen-bond donors (Lipinski definition) is 1. The fourth-order valence-electron chi connectivity index (χ4n) is 2.11. The van der Waals surface area contributed by atoms with E-state index in [-0.39, 0.29) is 11.4 Å². The molecular weight excluding hydrogens is 284 g/mol. The summed E-state index contributed by atoms with van der Waals surface area (Å²) < 4.78 is 1.62. The van der Waals surface area contributed by atoms with Gasteiger partial charge in [-0.2, -0.15) is 4.98 Å². The van der Waals surface area contributed by atoms with Crippen LogP contribution < -0.4 is 5.56 Å². The molecule has 0 fully saturated rings. The van der Waals surface area contributed by atoms with Crippen LogP contribution >= 0.6 is 23.4 Å². The van der Waals surface area contributed by atoms with Crippen molar-refractivity contribution in [3.8, 4) is 5.88 Å². The van der Waals surface area contributed by atoms with E-state index in [1.54, 1.807) is 16.7 Å². The Labute approximate surface area is 119 Å². The van der Waals surface area contributed by atoms with Crippen LogP contribution in [0.1, 0.15) is 11.1 Å². The van der Waals surface area contributed by atoms with E-state index in [9.17, 15) is 9.90 Å². The molecule has 3 rings (SSSR count). The second-order valence-corrected chi connectivity index (χ2v) is 5.81. The number of nitrogens with zero attached hydrogens (tertiary/aromatic N) is 2. The highest BCUT2D eigenvalue weighted by atomic mass is 35.5. The Kier molecular flexibility index (Phi) is 3.24. The van der Waals surface area contributed by atoms with Gasteiger partial charge in [-0.3, -0.25) is 9.36 Å². The van der Waals surface area contributed by atoms with E-state index < -0.39 is 0 Å². The van der Waals surface area contributed by atoms with E-state index in [0.29, 0.717) is 28.7 Å². The number of fused-ring (bicyclic) bond motifs is 1. The summed E-state index contributed by atoms with van der Waals surface area (Å²) in [4.78, 5) is 16.4. The molecule has 1 aliphatic rings. The monoisotopic (exact) mass is 294 g/mol. The van der Waals surface area contributed by atoms with Crippen LogP contribution in [-0.2, 0) is 13.0 Å². The van der Waals surface area contributed by atoms with Crippen LogP contribution in [0.15, 0.2) is 34.2 Å². The molecule has 0 bridgehead atoms. The Bertz CT molecular complexity index is 700. The Morgan fingerprint density at radius 2 is 2.32 bits per heavy atom. The molecule has 98 valence electrons. The molecule has 19 heavy (non-hydrogen) atoms. The van der Waals surface area contributed by atoms with Gasteiger partial charge >= 0.3 is 0 Å². The normalized spacial score (nSPS) is 13.5. The molecule has 0 atom stereocenters. The minimum atomic E-state index is -0.175. The molecule has 1 aliphatic heterocycles. The first-order chi connectivity index (χ1) is 9.15. The second-order valence-electron chi connectivity index (χ2n) is 4.31. The zero-order chi connectivity index (χ0) is 13.4. The molecule has 1 N–H and O–H groups in total. The quantitative estimate of drug-likeness (QED) is 0.864. The second kappa shape index (κ2) is 4.90. The minimum absolute atomic E-state index is 0.160. The van der Waals surface area contributed by atoms with Crippen LogP contribution in [0, 0.1) is 0 Å². The first-order valence-corrected chi connectivity index (χ1v) is 7.21. The molecular formula is C13H11ClN2O2S. The van der Waals surface area contributed by atoms with E-state index >= 15 is 0 Å². The number of aromatic nitrogens is 2. The summed E-state index contributed by atoms with van der Waals surface area (Å²) in [5.74, 6) is 0.646.